The molecule has 1 aliphatic rings. The SMILES string of the molecule is CC(C)(C)c1ccc(C2CCC(Cl)C2COCc2cccs2)c([N+](=O)[O-])c1. The molecule has 0 N–H and O–H groups in total. The minimum Gasteiger partial charge on any atom is -0.376 e. The van der Waals surface area contributed by atoms with Crippen LogP contribution in [0, 0.1) is 16.0 Å². The largest absolute Gasteiger partial charge is 0.376 e. The molecule has 3 atom stereocenters. The molecule has 0 spiro atoms. The van der Waals surface area contributed by atoms with Crippen LogP contribution in [0.15, 0.2) is 35.7 Å². The number of nitro groups is 1. The Morgan fingerprint density at radius 2 is 2.07 bits per heavy atom. The van der Waals surface area contributed by atoms with E-state index in [0.29, 0.717) is 13.2 Å². The highest BCUT2D eigenvalue weighted by Crippen LogP contribution is 2.46. The van der Waals surface area contributed by atoms with Crippen LogP contribution in [0.25, 0.3) is 0 Å². The van der Waals surface area contributed by atoms with E-state index in [2.05, 4.69) is 20.8 Å². The summed E-state index contributed by atoms with van der Waals surface area (Å²) >= 11 is 8.24. The second-order valence-corrected chi connectivity index (χ2v) is 9.83. The van der Waals surface area contributed by atoms with E-state index in [-0.39, 0.29) is 33.2 Å². The summed E-state index contributed by atoms with van der Waals surface area (Å²) in [6, 6.07) is 9.75. The monoisotopic (exact) mass is 407 g/mol. The lowest BCUT2D eigenvalue weighted by molar-refractivity contribution is -0.385. The standard InChI is InChI=1S/C21H26ClNO3S/c1-21(2,3)14-6-7-17(20(11-14)23(24)25)16-8-9-19(22)18(16)13-26-12-15-5-4-10-27-15/h4-7,10-11,16,18-19H,8-9,12-13H2,1-3H3. The minimum atomic E-state index is -0.254. The zero-order valence-corrected chi connectivity index (χ0v) is 17.6. The van der Waals surface area contributed by atoms with Crippen molar-refractivity contribution in [3.63, 3.8) is 0 Å². The van der Waals surface area contributed by atoms with Gasteiger partial charge < -0.3 is 4.74 Å². The summed E-state index contributed by atoms with van der Waals surface area (Å²) in [5.74, 6) is 0.149. The summed E-state index contributed by atoms with van der Waals surface area (Å²) in [6.07, 6.45) is 1.72. The quantitative estimate of drug-likeness (QED) is 0.322. The van der Waals surface area contributed by atoms with Crippen LogP contribution < -0.4 is 0 Å². The maximum Gasteiger partial charge on any atom is 0.273 e. The predicted molar refractivity (Wildman–Crippen MR) is 111 cm³/mol. The number of hydrogen-bond donors (Lipinski definition) is 0. The number of alkyl halides is 1. The normalized spacial score (nSPS) is 22.9. The van der Waals surface area contributed by atoms with Crippen molar-refractivity contribution in [2.75, 3.05) is 6.61 Å². The number of thiophene rings is 1. The van der Waals surface area contributed by atoms with Gasteiger partial charge in [0.15, 0.2) is 0 Å². The van der Waals surface area contributed by atoms with Gasteiger partial charge in [0.05, 0.1) is 18.1 Å². The molecule has 1 saturated carbocycles. The highest BCUT2D eigenvalue weighted by atomic mass is 35.5. The first-order chi connectivity index (χ1) is 12.8. The minimum absolute atomic E-state index is 0.0137. The van der Waals surface area contributed by atoms with E-state index in [9.17, 15) is 10.1 Å². The molecule has 0 bridgehead atoms. The van der Waals surface area contributed by atoms with Crippen molar-refractivity contribution >= 4 is 28.6 Å². The second-order valence-electron chi connectivity index (χ2n) is 8.24. The van der Waals surface area contributed by atoms with E-state index < -0.39 is 0 Å². The van der Waals surface area contributed by atoms with Crippen molar-refractivity contribution in [1.29, 1.82) is 0 Å². The van der Waals surface area contributed by atoms with Crippen LogP contribution in [0.2, 0.25) is 0 Å². The van der Waals surface area contributed by atoms with Crippen LogP contribution in [0.4, 0.5) is 5.69 Å². The van der Waals surface area contributed by atoms with Crippen LogP contribution in [0.1, 0.15) is 55.5 Å². The summed E-state index contributed by atoms with van der Waals surface area (Å²) in [5, 5.41) is 13.8. The van der Waals surface area contributed by atoms with Gasteiger partial charge in [0, 0.05) is 27.8 Å². The molecule has 1 heterocycles. The number of hydrogen-bond acceptors (Lipinski definition) is 4. The lowest BCUT2D eigenvalue weighted by atomic mass is 9.82. The van der Waals surface area contributed by atoms with Gasteiger partial charge in [-0.05, 0) is 41.2 Å². The summed E-state index contributed by atoms with van der Waals surface area (Å²) in [6.45, 7) is 7.29. The Morgan fingerprint density at radius 1 is 1.30 bits per heavy atom. The molecule has 1 aromatic carbocycles. The molecule has 1 aromatic heterocycles. The molecule has 0 radical (unpaired) electrons. The van der Waals surface area contributed by atoms with Crippen LogP contribution in [-0.4, -0.2) is 16.9 Å². The van der Waals surface area contributed by atoms with Gasteiger partial charge in [0.2, 0.25) is 0 Å². The van der Waals surface area contributed by atoms with Crippen molar-refractivity contribution < 1.29 is 9.66 Å². The van der Waals surface area contributed by atoms with Crippen molar-refractivity contribution in [1.82, 2.24) is 0 Å². The second kappa shape index (κ2) is 8.29. The van der Waals surface area contributed by atoms with E-state index >= 15 is 0 Å². The molecule has 1 aliphatic carbocycles. The Hall–Kier alpha value is -1.43. The van der Waals surface area contributed by atoms with Crippen LogP contribution in [0.3, 0.4) is 0 Å². The molecule has 0 aliphatic heterocycles. The van der Waals surface area contributed by atoms with E-state index in [1.165, 1.54) is 4.88 Å². The number of halogens is 1. The third-order valence-electron chi connectivity index (χ3n) is 5.36. The molecular formula is C21H26ClNO3S. The molecule has 6 heteroatoms. The fraction of sp³-hybridized carbons (Fsp3) is 0.524. The number of benzene rings is 1. The lowest BCUT2D eigenvalue weighted by Crippen LogP contribution is -2.21. The molecular weight excluding hydrogens is 382 g/mol. The summed E-state index contributed by atoms with van der Waals surface area (Å²) < 4.78 is 5.92. The molecule has 27 heavy (non-hydrogen) atoms. The van der Waals surface area contributed by atoms with Gasteiger partial charge in [0.25, 0.3) is 5.69 Å². The van der Waals surface area contributed by atoms with Crippen molar-refractivity contribution in [3.05, 3.63) is 61.8 Å². The van der Waals surface area contributed by atoms with E-state index in [1.807, 2.05) is 29.6 Å². The summed E-state index contributed by atoms with van der Waals surface area (Å²) in [4.78, 5) is 12.7. The zero-order valence-electron chi connectivity index (χ0n) is 16.0. The predicted octanol–water partition coefficient (Wildman–Crippen LogP) is 6.27. The summed E-state index contributed by atoms with van der Waals surface area (Å²) in [7, 11) is 0. The number of nitrogens with zero attached hydrogens (tertiary/aromatic N) is 1. The van der Waals surface area contributed by atoms with Crippen molar-refractivity contribution in [3.8, 4) is 0 Å². The third-order valence-corrected chi connectivity index (χ3v) is 6.75. The number of ether oxygens (including phenoxy) is 1. The topological polar surface area (TPSA) is 52.4 Å². The van der Waals surface area contributed by atoms with Gasteiger partial charge in [0.1, 0.15) is 0 Å². The smallest absolute Gasteiger partial charge is 0.273 e. The van der Waals surface area contributed by atoms with Gasteiger partial charge in [-0.25, -0.2) is 0 Å². The molecule has 3 rings (SSSR count). The Labute approximate surface area is 169 Å². The first kappa shape index (κ1) is 20.3. The Kier molecular flexibility index (Phi) is 6.24. The molecule has 0 amide bonds. The van der Waals surface area contributed by atoms with Crippen molar-refractivity contribution in [2.45, 2.75) is 56.9 Å². The maximum absolute atomic E-state index is 11.8. The van der Waals surface area contributed by atoms with Crippen molar-refractivity contribution in [2.24, 2.45) is 5.92 Å². The van der Waals surface area contributed by atoms with Gasteiger partial charge in [-0.3, -0.25) is 10.1 Å². The maximum atomic E-state index is 11.8. The highest BCUT2D eigenvalue weighted by Gasteiger charge is 2.39. The lowest BCUT2D eigenvalue weighted by Gasteiger charge is -2.24. The van der Waals surface area contributed by atoms with Crippen LogP contribution >= 0.6 is 22.9 Å². The Bertz CT molecular complexity index is 785. The van der Waals surface area contributed by atoms with E-state index in [0.717, 1.165) is 24.0 Å². The molecule has 146 valence electrons. The number of nitro benzene ring substituents is 1. The molecule has 1 fully saturated rings. The van der Waals surface area contributed by atoms with Crippen LogP contribution in [0.5, 0.6) is 0 Å². The highest BCUT2D eigenvalue weighted by molar-refractivity contribution is 7.09. The molecule has 0 saturated heterocycles. The van der Waals surface area contributed by atoms with Gasteiger partial charge in [-0.15, -0.1) is 22.9 Å². The Balaban J connectivity index is 1.81. The zero-order chi connectivity index (χ0) is 19.6. The van der Waals surface area contributed by atoms with Crippen LogP contribution in [-0.2, 0) is 16.8 Å². The fourth-order valence-corrected chi connectivity index (χ4v) is 4.81. The summed E-state index contributed by atoms with van der Waals surface area (Å²) in [5.41, 5.74) is 1.85. The molecule has 4 nitrogen and oxygen atoms in total. The molecule has 3 unspecified atom stereocenters. The average Bonchev–Trinajstić information content (AvgIpc) is 3.24. The first-order valence-electron chi connectivity index (χ1n) is 9.30. The average molecular weight is 408 g/mol. The fourth-order valence-electron chi connectivity index (χ4n) is 3.80. The van der Waals surface area contributed by atoms with Gasteiger partial charge >= 0.3 is 0 Å². The number of rotatable bonds is 6. The van der Waals surface area contributed by atoms with Gasteiger partial charge in [-0.1, -0.05) is 39.0 Å². The first-order valence-corrected chi connectivity index (χ1v) is 10.6. The Morgan fingerprint density at radius 3 is 2.70 bits per heavy atom. The van der Waals surface area contributed by atoms with E-state index in [1.54, 1.807) is 17.4 Å². The van der Waals surface area contributed by atoms with E-state index in [4.69, 9.17) is 16.3 Å². The van der Waals surface area contributed by atoms with Gasteiger partial charge in [-0.2, -0.15) is 0 Å². The third kappa shape index (κ3) is 4.71. The molecule has 2 aromatic rings.